The Kier molecular flexibility index (Phi) is 13.5. The van der Waals surface area contributed by atoms with E-state index in [1.807, 2.05) is 54.6 Å². The Balaban J connectivity index is 1.11. The number of anilines is 1. The first-order valence-corrected chi connectivity index (χ1v) is 24.5. The van der Waals surface area contributed by atoms with Crippen molar-refractivity contribution in [3.63, 3.8) is 0 Å². The summed E-state index contributed by atoms with van der Waals surface area (Å²) in [5.41, 5.74) is 8.51. The van der Waals surface area contributed by atoms with Gasteiger partial charge in [-0.25, -0.2) is 0 Å². The molecule has 4 N–H and O–H groups in total. The molecule has 10 nitrogen and oxygen atoms in total. The van der Waals surface area contributed by atoms with Gasteiger partial charge in [-0.2, -0.15) is 0 Å². The highest BCUT2D eigenvalue weighted by atomic mass is 16.5. The van der Waals surface area contributed by atoms with Crippen molar-refractivity contribution in [3.8, 4) is 51.7 Å². The van der Waals surface area contributed by atoms with E-state index in [2.05, 4.69) is 76.4 Å². The second-order valence-electron chi connectivity index (χ2n) is 19.1. The summed E-state index contributed by atoms with van der Waals surface area (Å²) >= 11 is 0. The lowest BCUT2D eigenvalue weighted by molar-refractivity contribution is 0.0835. The molecule has 0 spiro atoms. The number of nitrogens with zero attached hydrogens (tertiary/aromatic N) is 1. The molecule has 4 heterocycles. The number of aromatic nitrogens is 1. The standard InChI is InChI=1S/C59H61N3O7/c1-59(28-9-10-29-59)51-36-48-43-17-11-16-41(34-43)35-44(19-22-45-38-62(31-30-60-45)58(48)61-51)52-54-53(49(65)37-50(69-54)42-20-24-46(63)25-21-42)56(68-33-27-47(64)23-18-39-12-5-3-6-13-39)57(66-2)55(52)67-32-26-40-14-7-4-8-15-40/h3-8,11-18,20-21,23-25,34,36,44-45,47,50,60-61,63-64H,9-10,26-33,35,37-38H2,1-2H3/b23-18+/t44-,45+,47+,50?/m1/s1. The minimum atomic E-state index is -0.815. The number of methoxy groups -OCH3 is 1. The van der Waals surface area contributed by atoms with E-state index in [-0.39, 0.29) is 66.1 Å². The number of aromatic hydroxyl groups is 1. The molecule has 3 aliphatic heterocycles. The predicted molar refractivity (Wildman–Crippen MR) is 271 cm³/mol. The zero-order chi connectivity index (χ0) is 47.3. The molecule has 1 aliphatic carbocycles. The molecule has 2 fully saturated rings. The van der Waals surface area contributed by atoms with Crippen LogP contribution in [0.2, 0.25) is 0 Å². The number of phenols is 1. The van der Waals surface area contributed by atoms with Gasteiger partial charge >= 0.3 is 0 Å². The first-order valence-electron chi connectivity index (χ1n) is 24.5. The molecule has 5 aromatic carbocycles. The number of rotatable bonds is 14. The van der Waals surface area contributed by atoms with Crippen molar-refractivity contribution in [2.45, 2.75) is 87.9 Å². The largest absolute Gasteiger partial charge is 0.508 e. The van der Waals surface area contributed by atoms with Crippen molar-refractivity contribution in [3.05, 3.63) is 160 Å². The van der Waals surface area contributed by atoms with Gasteiger partial charge in [0, 0.05) is 49.1 Å². The lowest BCUT2D eigenvalue weighted by atomic mass is 9.84. The maximum absolute atomic E-state index is 14.9. The molecule has 1 saturated heterocycles. The molecule has 1 saturated carbocycles. The number of H-pyrrole nitrogens is 1. The maximum Gasteiger partial charge on any atom is 0.204 e. The molecule has 4 atom stereocenters. The number of ether oxygens (including phenoxy) is 4. The van der Waals surface area contributed by atoms with E-state index in [0.29, 0.717) is 36.4 Å². The van der Waals surface area contributed by atoms with Crippen molar-refractivity contribution in [1.29, 1.82) is 0 Å². The van der Waals surface area contributed by atoms with Gasteiger partial charge in [-0.3, -0.25) is 4.79 Å². The van der Waals surface area contributed by atoms with Gasteiger partial charge in [0.15, 0.2) is 17.3 Å². The molecule has 6 aromatic rings. The molecule has 1 aromatic heterocycles. The summed E-state index contributed by atoms with van der Waals surface area (Å²) < 4.78 is 27.0. The van der Waals surface area contributed by atoms with Crippen LogP contribution in [0.3, 0.4) is 0 Å². The smallest absolute Gasteiger partial charge is 0.204 e. The summed E-state index contributed by atoms with van der Waals surface area (Å²) in [7, 11) is 1.57. The summed E-state index contributed by atoms with van der Waals surface area (Å²) in [6, 6.07) is 37.8. The van der Waals surface area contributed by atoms with E-state index >= 15 is 0 Å². The van der Waals surface area contributed by atoms with Crippen molar-refractivity contribution < 1.29 is 34.0 Å². The zero-order valence-electron chi connectivity index (χ0n) is 39.5. The second-order valence-corrected chi connectivity index (χ2v) is 19.1. The maximum atomic E-state index is 14.9. The fourth-order valence-electron chi connectivity index (χ4n) is 10.5. The number of aliphatic hydroxyl groups is 1. The number of ketones is 1. The molecule has 0 amide bonds. The Morgan fingerprint density at radius 1 is 0.884 bits per heavy atom. The second kappa shape index (κ2) is 20.3. The van der Waals surface area contributed by atoms with Gasteiger partial charge in [0.25, 0.3) is 0 Å². The van der Waals surface area contributed by atoms with E-state index in [0.717, 1.165) is 46.7 Å². The SMILES string of the molecule is COc1c(OCC[C@@H](O)/C=C/c2ccccc2)c2c(c([C@@H]3C#C[C@H]4CN(CCN4)c4[nH]c(C5(C)CCCC5)cc4-c4cccc(c4)C3)c1OCCc1ccccc1)OC(c1ccc(O)cc1)CC2=O. The molecule has 10 rings (SSSR count). The Hall–Kier alpha value is -6.93. The van der Waals surface area contributed by atoms with Crippen LogP contribution in [0.5, 0.6) is 28.7 Å². The Labute approximate surface area is 405 Å². The highest BCUT2D eigenvalue weighted by molar-refractivity contribution is 6.05. The van der Waals surface area contributed by atoms with E-state index in [1.165, 1.54) is 36.9 Å². The van der Waals surface area contributed by atoms with Gasteiger partial charge in [0.05, 0.1) is 50.4 Å². The van der Waals surface area contributed by atoms with Gasteiger partial charge in [-0.1, -0.05) is 141 Å². The number of piperazine rings is 1. The third-order valence-electron chi connectivity index (χ3n) is 14.3. The molecule has 354 valence electrons. The van der Waals surface area contributed by atoms with Crippen molar-refractivity contribution in [1.82, 2.24) is 10.3 Å². The molecule has 1 unspecified atom stereocenters. The van der Waals surface area contributed by atoms with E-state index in [9.17, 15) is 15.0 Å². The number of Topliss-reactive ketones (excluding diaryl/α,β-unsaturated/α-hetero) is 1. The summed E-state index contributed by atoms with van der Waals surface area (Å²) in [6.45, 7) is 5.05. The fraction of sp³-hybridized carbons (Fsp3) is 0.339. The number of carbonyl (C=O) groups excluding carboxylic acids is 1. The first kappa shape index (κ1) is 45.8. The number of aromatic amines is 1. The summed E-state index contributed by atoms with van der Waals surface area (Å²) in [6.07, 6.45) is 8.31. The molecule has 10 heteroatoms. The minimum absolute atomic E-state index is 0.0215. The van der Waals surface area contributed by atoms with Crippen LogP contribution in [0.4, 0.5) is 5.82 Å². The Morgan fingerprint density at radius 2 is 1.65 bits per heavy atom. The average molecular weight is 924 g/mol. The number of aliphatic hydroxyl groups excluding tert-OH is 1. The summed E-state index contributed by atoms with van der Waals surface area (Å²) in [5.74, 6) is 9.18. The van der Waals surface area contributed by atoms with Crippen LogP contribution in [-0.4, -0.2) is 73.1 Å². The van der Waals surface area contributed by atoms with Gasteiger partial charge in [0.1, 0.15) is 29.0 Å². The molecular formula is C59H61N3O7. The lowest BCUT2D eigenvalue weighted by Gasteiger charge is -2.34. The van der Waals surface area contributed by atoms with Gasteiger partial charge in [-0.15, -0.1) is 0 Å². The number of benzene rings is 5. The average Bonchev–Trinajstić information content (AvgIpc) is 4.04. The Morgan fingerprint density at radius 3 is 2.43 bits per heavy atom. The fourth-order valence-corrected chi connectivity index (χ4v) is 10.5. The summed E-state index contributed by atoms with van der Waals surface area (Å²) in [4.78, 5) is 21.3. The van der Waals surface area contributed by atoms with Crippen LogP contribution < -0.4 is 29.2 Å². The predicted octanol–water partition coefficient (Wildman–Crippen LogP) is 10.5. The van der Waals surface area contributed by atoms with Crippen molar-refractivity contribution in [2.24, 2.45) is 0 Å². The van der Waals surface area contributed by atoms with E-state index < -0.39 is 18.1 Å². The van der Waals surface area contributed by atoms with Crippen LogP contribution in [0, 0.1) is 11.8 Å². The number of fused-ring (bicyclic) bond motifs is 8. The highest BCUT2D eigenvalue weighted by Gasteiger charge is 2.41. The quantitative estimate of drug-likeness (QED) is 0.0790. The minimum Gasteiger partial charge on any atom is -0.508 e. The van der Waals surface area contributed by atoms with Crippen LogP contribution in [0.1, 0.15) is 101 Å². The van der Waals surface area contributed by atoms with Crippen LogP contribution in [0.25, 0.3) is 17.2 Å². The topological polar surface area (TPSA) is 126 Å². The van der Waals surface area contributed by atoms with E-state index in [4.69, 9.17) is 18.9 Å². The van der Waals surface area contributed by atoms with Gasteiger partial charge in [-0.05, 0) is 65.3 Å². The number of phenolic OH excluding ortho intramolecular Hbond substituents is 1. The number of hydrogen-bond donors (Lipinski definition) is 4. The normalized spacial score (nSPS) is 19.8. The molecule has 69 heavy (non-hydrogen) atoms. The van der Waals surface area contributed by atoms with Gasteiger partial charge < -0.3 is 44.4 Å². The van der Waals surface area contributed by atoms with E-state index in [1.54, 1.807) is 37.5 Å². The third kappa shape index (κ3) is 9.99. The number of carbonyl (C=O) groups is 1. The van der Waals surface area contributed by atoms with Crippen molar-refractivity contribution >= 4 is 17.7 Å². The van der Waals surface area contributed by atoms with Crippen LogP contribution in [0.15, 0.2) is 121 Å². The lowest BCUT2D eigenvalue weighted by Crippen LogP contribution is -2.50. The Bertz CT molecular complexity index is 2860. The third-order valence-corrected chi connectivity index (χ3v) is 14.3. The van der Waals surface area contributed by atoms with Crippen LogP contribution in [-0.2, 0) is 18.3 Å². The number of hydrogen-bond acceptors (Lipinski definition) is 9. The monoisotopic (exact) mass is 923 g/mol. The first-order chi connectivity index (χ1) is 33.7. The molecule has 0 radical (unpaired) electrons. The number of nitrogens with one attached hydrogen (secondary N) is 2. The summed E-state index contributed by atoms with van der Waals surface area (Å²) in [5, 5.41) is 25.0. The highest BCUT2D eigenvalue weighted by Crippen LogP contribution is 2.56. The molecule has 4 aliphatic rings. The van der Waals surface area contributed by atoms with Gasteiger partial charge in [0.2, 0.25) is 5.75 Å². The molecule has 4 bridgehead atoms. The van der Waals surface area contributed by atoms with Crippen molar-refractivity contribution in [2.75, 3.05) is 44.9 Å². The molecular weight excluding hydrogens is 863 g/mol. The zero-order valence-corrected chi connectivity index (χ0v) is 39.5. The van der Waals surface area contributed by atoms with Crippen LogP contribution >= 0.6 is 0 Å².